The van der Waals surface area contributed by atoms with E-state index in [1.807, 2.05) is 19.1 Å². The zero-order chi connectivity index (χ0) is 11.8. The lowest BCUT2D eigenvalue weighted by molar-refractivity contribution is -0.115. The van der Waals surface area contributed by atoms with Crippen LogP contribution in [0.3, 0.4) is 0 Å². The lowest BCUT2D eigenvalue weighted by Crippen LogP contribution is -2.30. The summed E-state index contributed by atoms with van der Waals surface area (Å²) in [4.78, 5) is 15.5. The summed E-state index contributed by atoms with van der Waals surface area (Å²) in [6.45, 7) is 3.44. The van der Waals surface area contributed by atoms with E-state index >= 15 is 0 Å². The minimum atomic E-state index is -0.0817. The molecule has 0 fully saturated rings. The Morgan fingerprint density at radius 2 is 2.31 bits per heavy atom. The molecule has 0 spiro atoms. The van der Waals surface area contributed by atoms with Gasteiger partial charge in [0.2, 0.25) is 5.91 Å². The molecule has 0 unspecified atom stereocenters. The van der Waals surface area contributed by atoms with E-state index in [9.17, 15) is 4.79 Å². The van der Waals surface area contributed by atoms with E-state index in [0.29, 0.717) is 18.8 Å². The highest BCUT2D eigenvalue weighted by Crippen LogP contribution is 2.04. The van der Waals surface area contributed by atoms with Crippen molar-refractivity contribution >= 4 is 11.6 Å². The van der Waals surface area contributed by atoms with Gasteiger partial charge in [-0.15, -0.1) is 0 Å². The lowest BCUT2D eigenvalue weighted by Gasteiger charge is -2.06. The van der Waals surface area contributed by atoms with Crippen molar-refractivity contribution in [3.8, 4) is 0 Å². The van der Waals surface area contributed by atoms with Crippen LogP contribution < -0.4 is 10.6 Å². The molecule has 0 radical (unpaired) electrons. The first-order valence-corrected chi connectivity index (χ1v) is 5.14. The highest BCUT2D eigenvalue weighted by molar-refractivity contribution is 5.92. The summed E-state index contributed by atoms with van der Waals surface area (Å²) in [5, 5.41) is 5.70. The largest absolute Gasteiger partial charge is 0.383 e. The molecular formula is C11H17N3O2. The number of pyridine rings is 1. The van der Waals surface area contributed by atoms with Crippen LogP contribution in [-0.2, 0) is 9.53 Å². The summed E-state index contributed by atoms with van der Waals surface area (Å²) in [6, 6.07) is 3.68. The van der Waals surface area contributed by atoms with Gasteiger partial charge in [0.05, 0.1) is 25.0 Å². The SMILES string of the molecule is COCCNCC(=O)Nc1ccc(C)nc1. The van der Waals surface area contributed by atoms with Gasteiger partial charge in [-0.25, -0.2) is 0 Å². The predicted octanol–water partition coefficient (Wildman–Crippen LogP) is 0.565. The number of nitrogens with zero attached hydrogens (tertiary/aromatic N) is 1. The summed E-state index contributed by atoms with van der Waals surface area (Å²) in [6.07, 6.45) is 1.64. The Morgan fingerprint density at radius 3 is 2.94 bits per heavy atom. The Bertz CT molecular complexity index is 325. The van der Waals surface area contributed by atoms with Gasteiger partial charge in [-0.2, -0.15) is 0 Å². The van der Waals surface area contributed by atoms with Gasteiger partial charge in [0.15, 0.2) is 0 Å². The second-order valence-corrected chi connectivity index (χ2v) is 3.41. The second kappa shape index (κ2) is 6.92. The van der Waals surface area contributed by atoms with E-state index in [-0.39, 0.29) is 12.5 Å². The molecule has 5 heteroatoms. The maximum absolute atomic E-state index is 11.4. The molecule has 0 saturated heterocycles. The molecule has 5 nitrogen and oxygen atoms in total. The number of ether oxygens (including phenoxy) is 1. The van der Waals surface area contributed by atoms with Gasteiger partial charge >= 0.3 is 0 Å². The monoisotopic (exact) mass is 223 g/mol. The van der Waals surface area contributed by atoms with Gasteiger partial charge in [0.25, 0.3) is 0 Å². The van der Waals surface area contributed by atoms with Crippen molar-refractivity contribution in [2.24, 2.45) is 0 Å². The maximum atomic E-state index is 11.4. The van der Waals surface area contributed by atoms with Gasteiger partial charge < -0.3 is 15.4 Å². The number of methoxy groups -OCH3 is 1. The molecule has 0 aliphatic heterocycles. The van der Waals surface area contributed by atoms with Gasteiger partial charge in [-0.1, -0.05) is 0 Å². The topological polar surface area (TPSA) is 63.2 Å². The minimum Gasteiger partial charge on any atom is -0.383 e. The average Bonchev–Trinajstić information content (AvgIpc) is 2.28. The standard InChI is InChI=1S/C11H17N3O2/c1-9-3-4-10(7-13-9)14-11(15)8-12-5-6-16-2/h3-4,7,12H,5-6,8H2,1-2H3,(H,14,15). The van der Waals surface area contributed by atoms with E-state index in [1.165, 1.54) is 0 Å². The number of amides is 1. The first-order chi connectivity index (χ1) is 7.72. The molecule has 1 rings (SSSR count). The number of rotatable bonds is 6. The number of aryl methyl sites for hydroxylation is 1. The Balaban J connectivity index is 2.26. The fraction of sp³-hybridized carbons (Fsp3) is 0.455. The third kappa shape index (κ3) is 4.86. The fourth-order valence-corrected chi connectivity index (χ4v) is 1.12. The van der Waals surface area contributed by atoms with Crippen LogP contribution in [0.15, 0.2) is 18.3 Å². The molecule has 0 saturated carbocycles. The first-order valence-electron chi connectivity index (χ1n) is 5.14. The molecule has 1 heterocycles. The van der Waals surface area contributed by atoms with E-state index in [1.54, 1.807) is 13.3 Å². The molecule has 0 bridgehead atoms. The van der Waals surface area contributed by atoms with Crippen LogP contribution in [0.1, 0.15) is 5.69 Å². The Labute approximate surface area is 95.2 Å². The third-order valence-electron chi connectivity index (χ3n) is 1.96. The minimum absolute atomic E-state index is 0.0817. The number of hydrogen-bond donors (Lipinski definition) is 2. The summed E-state index contributed by atoms with van der Waals surface area (Å²) < 4.78 is 4.85. The van der Waals surface area contributed by atoms with Gasteiger partial charge in [0, 0.05) is 19.3 Å². The fourth-order valence-electron chi connectivity index (χ4n) is 1.12. The highest BCUT2D eigenvalue weighted by Gasteiger charge is 2.01. The van der Waals surface area contributed by atoms with E-state index < -0.39 is 0 Å². The van der Waals surface area contributed by atoms with Crippen molar-refractivity contribution in [3.05, 3.63) is 24.0 Å². The predicted molar refractivity (Wildman–Crippen MR) is 62.3 cm³/mol. The molecule has 1 amide bonds. The Morgan fingerprint density at radius 1 is 1.50 bits per heavy atom. The van der Waals surface area contributed by atoms with Crippen molar-refractivity contribution in [2.45, 2.75) is 6.92 Å². The Kier molecular flexibility index (Phi) is 5.45. The number of nitrogens with one attached hydrogen (secondary N) is 2. The molecule has 1 aromatic rings. The summed E-state index contributed by atoms with van der Waals surface area (Å²) in [5.74, 6) is -0.0817. The van der Waals surface area contributed by atoms with Gasteiger partial charge in [-0.3, -0.25) is 9.78 Å². The molecule has 0 aliphatic rings. The van der Waals surface area contributed by atoms with Gasteiger partial charge in [-0.05, 0) is 19.1 Å². The Hall–Kier alpha value is -1.46. The number of hydrogen-bond acceptors (Lipinski definition) is 4. The van der Waals surface area contributed by atoms with Crippen molar-refractivity contribution in [3.63, 3.8) is 0 Å². The normalized spacial score (nSPS) is 10.1. The lowest BCUT2D eigenvalue weighted by atomic mass is 10.3. The number of carbonyl (C=O) groups excluding carboxylic acids is 1. The molecule has 0 aliphatic carbocycles. The molecule has 0 atom stereocenters. The first kappa shape index (κ1) is 12.6. The smallest absolute Gasteiger partial charge is 0.238 e. The van der Waals surface area contributed by atoms with Crippen LogP contribution >= 0.6 is 0 Å². The van der Waals surface area contributed by atoms with Crippen LogP contribution in [0.4, 0.5) is 5.69 Å². The van der Waals surface area contributed by atoms with Crippen LogP contribution in [0, 0.1) is 6.92 Å². The summed E-state index contributed by atoms with van der Waals surface area (Å²) >= 11 is 0. The zero-order valence-electron chi connectivity index (χ0n) is 9.62. The summed E-state index contributed by atoms with van der Waals surface area (Å²) in [5.41, 5.74) is 1.64. The van der Waals surface area contributed by atoms with E-state index in [4.69, 9.17) is 4.74 Å². The molecule has 1 aromatic heterocycles. The quantitative estimate of drug-likeness (QED) is 0.692. The zero-order valence-corrected chi connectivity index (χ0v) is 9.62. The van der Waals surface area contributed by atoms with Crippen LogP contribution in [-0.4, -0.2) is 37.7 Å². The van der Waals surface area contributed by atoms with Crippen LogP contribution in [0.25, 0.3) is 0 Å². The second-order valence-electron chi connectivity index (χ2n) is 3.41. The van der Waals surface area contributed by atoms with Gasteiger partial charge in [0.1, 0.15) is 0 Å². The molecule has 0 aromatic carbocycles. The van der Waals surface area contributed by atoms with Crippen molar-refractivity contribution in [1.29, 1.82) is 0 Å². The van der Waals surface area contributed by atoms with Crippen molar-refractivity contribution in [1.82, 2.24) is 10.3 Å². The van der Waals surface area contributed by atoms with Crippen LogP contribution in [0.5, 0.6) is 0 Å². The third-order valence-corrected chi connectivity index (χ3v) is 1.96. The number of carbonyl (C=O) groups is 1. The molecular weight excluding hydrogens is 206 g/mol. The summed E-state index contributed by atoms with van der Waals surface area (Å²) in [7, 11) is 1.62. The number of anilines is 1. The van der Waals surface area contributed by atoms with E-state index in [2.05, 4.69) is 15.6 Å². The van der Waals surface area contributed by atoms with E-state index in [0.717, 1.165) is 5.69 Å². The molecule has 16 heavy (non-hydrogen) atoms. The van der Waals surface area contributed by atoms with Crippen molar-refractivity contribution in [2.75, 3.05) is 32.1 Å². The highest BCUT2D eigenvalue weighted by atomic mass is 16.5. The molecule has 88 valence electrons. The average molecular weight is 223 g/mol. The van der Waals surface area contributed by atoms with Crippen LogP contribution in [0.2, 0.25) is 0 Å². The number of aromatic nitrogens is 1. The molecule has 2 N–H and O–H groups in total. The van der Waals surface area contributed by atoms with Crippen molar-refractivity contribution < 1.29 is 9.53 Å². The maximum Gasteiger partial charge on any atom is 0.238 e.